The highest BCUT2D eigenvalue weighted by molar-refractivity contribution is 7.13. The molecule has 21 nitrogen and oxygen atoms in total. The Morgan fingerprint density at radius 3 is 2.14 bits per heavy atom. The molecule has 6 N–H and O–H groups in total. The number of hydrogen-bond donors (Lipinski definition) is 5. The Hall–Kier alpha value is -6.86. The van der Waals surface area contributed by atoms with E-state index < -0.39 is 47.1 Å². The van der Waals surface area contributed by atoms with Crippen molar-refractivity contribution in [1.82, 2.24) is 40.5 Å². The number of benzene rings is 3. The number of rotatable bonds is 25. The number of nitrogens with one attached hydrogen (secondary N) is 3. The van der Waals surface area contributed by atoms with E-state index in [1.54, 1.807) is 50.9 Å². The number of hydrogen-bond acceptors (Lipinski definition) is 16. The number of thiazole rings is 1. The van der Waals surface area contributed by atoms with Crippen LogP contribution in [0.15, 0.2) is 72.2 Å². The van der Waals surface area contributed by atoms with Gasteiger partial charge in [-0.2, -0.15) is 0 Å². The number of anilines is 2. The lowest BCUT2D eigenvalue weighted by molar-refractivity contribution is -0.144. The van der Waals surface area contributed by atoms with Gasteiger partial charge in [-0.25, -0.2) is 9.37 Å². The summed E-state index contributed by atoms with van der Waals surface area (Å²) in [7, 11) is 0. The largest absolute Gasteiger partial charge is 0.489 e. The number of aryl methyl sites for hydroxylation is 1. The van der Waals surface area contributed by atoms with Crippen LogP contribution in [0.5, 0.6) is 5.75 Å². The number of carbonyl (C=O) groups is 6. The average Bonchev–Trinajstić information content (AvgIpc) is 4.32. The number of aliphatic hydroxyl groups is 1. The van der Waals surface area contributed by atoms with Gasteiger partial charge in [0.15, 0.2) is 17.3 Å². The third-order valence-corrected chi connectivity index (χ3v) is 15.8. The summed E-state index contributed by atoms with van der Waals surface area (Å²) in [6.45, 7) is 13.2. The lowest BCUT2D eigenvalue weighted by Crippen LogP contribution is -2.59. The fraction of sp³-hybridized carbons (Fsp3) is 0.466. The molecule has 5 aromatic rings. The zero-order valence-electron chi connectivity index (χ0n) is 47.3. The number of carbonyl (C=O) groups excluding carboxylic acids is 6. The molecule has 0 radical (unpaired) electrons. The van der Waals surface area contributed by atoms with Crippen molar-refractivity contribution in [1.29, 1.82) is 0 Å². The van der Waals surface area contributed by atoms with Crippen LogP contribution < -0.4 is 26.4 Å². The SMILES string of the molecule is Cc1ncsc1-c1ccc(CNC(=O)[C@@H]2C[C@@H](O)CN2C(=O)[C@@H](NC(=O)CCOCCOCCOCCC(=O)N2[C@H](C)CN(C(=O)c3ccc(NC(=O)c4cc(OCCc5c(Cl)ccc(F)c5Cl)c(N)nn4)cc3)C[C@@H]2C)C(C)(C)C)cc1. The van der Waals surface area contributed by atoms with Crippen molar-refractivity contribution in [2.45, 2.75) is 104 Å². The molecule has 2 aliphatic heterocycles. The Morgan fingerprint density at radius 1 is 0.855 bits per heavy atom. The molecule has 83 heavy (non-hydrogen) atoms. The topological polar surface area (TPSA) is 270 Å². The monoisotopic (exact) mass is 1200 g/mol. The molecule has 5 atom stereocenters. The molecule has 2 aliphatic rings. The molecule has 0 unspecified atom stereocenters. The van der Waals surface area contributed by atoms with Gasteiger partial charge in [0.25, 0.3) is 11.8 Å². The quantitative estimate of drug-likeness (QED) is 0.0308. The van der Waals surface area contributed by atoms with Crippen LogP contribution in [-0.4, -0.2) is 167 Å². The summed E-state index contributed by atoms with van der Waals surface area (Å²) in [5, 5.41) is 26.9. The minimum atomic E-state index is -0.969. The van der Waals surface area contributed by atoms with Gasteiger partial charge in [0.2, 0.25) is 23.6 Å². The minimum Gasteiger partial charge on any atom is -0.489 e. The molecule has 0 aliphatic carbocycles. The molecular weight excluding hydrogens is 1130 g/mol. The van der Waals surface area contributed by atoms with Crippen LogP contribution in [0.4, 0.5) is 15.9 Å². The summed E-state index contributed by atoms with van der Waals surface area (Å²) in [6, 6.07) is 15.7. The molecule has 446 valence electrons. The molecule has 0 saturated carbocycles. The summed E-state index contributed by atoms with van der Waals surface area (Å²) in [5.41, 5.74) is 10.9. The van der Waals surface area contributed by atoms with Gasteiger partial charge < -0.3 is 60.4 Å². The molecule has 3 aromatic carbocycles. The maximum absolute atomic E-state index is 14.0. The van der Waals surface area contributed by atoms with E-state index in [0.29, 0.717) is 29.9 Å². The lowest BCUT2D eigenvalue weighted by Gasteiger charge is -2.44. The van der Waals surface area contributed by atoms with E-state index >= 15 is 0 Å². The predicted octanol–water partition coefficient (Wildman–Crippen LogP) is 6.51. The van der Waals surface area contributed by atoms with Crippen molar-refractivity contribution >= 4 is 81.5 Å². The smallest absolute Gasteiger partial charge is 0.276 e. The molecule has 0 bridgehead atoms. The zero-order chi connectivity index (χ0) is 60.0. The number of aromatic nitrogens is 3. The lowest BCUT2D eigenvalue weighted by atomic mass is 9.85. The summed E-state index contributed by atoms with van der Waals surface area (Å²) >= 11 is 13.8. The fourth-order valence-electron chi connectivity index (χ4n) is 9.73. The van der Waals surface area contributed by atoms with Crippen LogP contribution in [0, 0.1) is 18.2 Å². The van der Waals surface area contributed by atoms with Crippen molar-refractivity contribution in [2.75, 3.05) is 76.9 Å². The molecular formula is C58H71Cl2FN10O11S. The zero-order valence-corrected chi connectivity index (χ0v) is 49.6. The molecule has 0 spiro atoms. The number of ether oxygens (including phenoxy) is 4. The third kappa shape index (κ3) is 17.4. The van der Waals surface area contributed by atoms with E-state index in [1.807, 2.05) is 65.8 Å². The standard InChI is InChI=1S/C58H71Cl2FN10O11S/c1-34-30-69(56(77)39-11-13-40(14-12-39)65-54(75)45-28-47(53(62)68-67-45)82-22-17-42-43(59)15-16-44(61)50(42)60)31-35(2)71(34)49(74)19-21-80-24-26-81-25-23-79-20-18-48(73)66-52(58(4,5)6)57(78)70-32-41(72)27-46(70)55(76)63-29-37-7-9-38(10-8-37)51-36(3)64-33-83-51/h7-16,28,33-35,41,46,52,72H,17-27,29-32H2,1-6H3,(H2,62,68)(H,63,76)(H,65,75)(H,66,73)/t34-,35+,41-,46+,52-/m1/s1. The number of nitrogen functional groups attached to an aromatic ring is 1. The molecule has 7 rings (SSSR count). The molecule has 6 amide bonds. The van der Waals surface area contributed by atoms with E-state index in [2.05, 4.69) is 31.1 Å². The van der Waals surface area contributed by atoms with E-state index in [9.17, 15) is 38.3 Å². The van der Waals surface area contributed by atoms with E-state index in [-0.39, 0.29) is 142 Å². The van der Waals surface area contributed by atoms with Crippen LogP contribution in [0.25, 0.3) is 10.4 Å². The number of aliphatic hydroxyl groups excluding tert-OH is 1. The maximum atomic E-state index is 14.0. The summed E-state index contributed by atoms with van der Waals surface area (Å²) in [6.07, 6.45) is -0.539. The fourth-order valence-corrected chi connectivity index (χ4v) is 11.1. The second-order valence-electron chi connectivity index (χ2n) is 21.4. The van der Waals surface area contributed by atoms with Crippen LogP contribution in [0.3, 0.4) is 0 Å². The number of β-amino-alcohol motifs (C(OH)–C–C–N with tert-alkyl or cyclic N) is 1. The second-order valence-corrected chi connectivity index (χ2v) is 23.1. The summed E-state index contributed by atoms with van der Waals surface area (Å²) in [4.78, 5) is 90.9. The molecule has 2 aromatic heterocycles. The highest BCUT2D eigenvalue weighted by Gasteiger charge is 2.44. The van der Waals surface area contributed by atoms with Gasteiger partial charge in [-0.05, 0) is 79.3 Å². The number of nitrogens with zero attached hydrogens (tertiary/aromatic N) is 6. The predicted molar refractivity (Wildman–Crippen MR) is 311 cm³/mol. The maximum Gasteiger partial charge on any atom is 0.276 e. The van der Waals surface area contributed by atoms with Gasteiger partial charge in [-0.3, -0.25) is 28.8 Å². The Balaban J connectivity index is 0.744. The summed E-state index contributed by atoms with van der Waals surface area (Å²) in [5.74, 6) is -2.78. The van der Waals surface area contributed by atoms with Crippen LogP contribution >= 0.6 is 34.5 Å². The minimum absolute atomic E-state index is 0.00264. The number of nitrogens with two attached hydrogens (primary N) is 1. The van der Waals surface area contributed by atoms with E-state index in [4.69, 9.17) is 47.9 Å². The highest BCUT2D eigenvalue weighted by Crippen LogP contribution is 2.31. The van der Waals surface area contributed by atoms with Crippen LogP contribution in [-0.2, 0) is 46.4 Å². The van der Waals surface area contributed by atoms with Gasteiger partial charge in [-0.1, -0.05) is 68.2 Å². The second kappa shape index (κ2) is 29.6. The molecule has 2 fully saturated rings. The normalized spacial score (nSPS) is 17.5. The Kier molecular flexibility index (Phi) is 22.7. The Bertz CT molecular complexity index is 3070. The Morgan fingerprint density at radius 2 is 1.51 bits per heavy atom. The first-order valence-corrected chi connectivity index (χ1v) is 28.9. The number of piperazine rings is 1. The van der Waals surface area contributed by atoms with Gasteiger partial charge >= 0.3 is 0 Å². The first kappa shape index (κ1) is 63.7. The van der Waals surface area contributed by atoms with Gasteiger partial charge in [-0.15, -0.1) is 21.5 Å². The van der Waals surface area contributed by atoms with E-state index in [1.165, 1.54) is 23.1 Å². The van der Waals surface area contributed by atoms with Crippen molar-refractivity contribution < 1.29 is 57.2 Å². The Labute approximate surface area is 495 Å². The number of amides is 6. The summed E-state index contributed by atoms with van der Waals surface area (Å²) < 4.78 is 36.6. The highest BCUT2D eigenvalue weighted by atomic mass is 35.5. The van der Waals surface area contributed by atoms with Gasteiger partial charge in [0.1, 0.15) is 17.9 Å². The van der Waals surface area contributed by atoms with Gasteiger partial charge in [0, 0.05) is 79.9 Å². The van der Waals surface area contributed by atoms with Crippen molar-refractivity contribution in [3.05, 3.63) is 116 Å². The van der Waals surface area contributed by atoms with Crippen LogP contribution in [0.1, 0.15) is 91.5 Å². The van der Waals surface area contributed by atoms with Crippen LogP contribution in [0.2, 0.25) is 10.0 Å². The van der Waals surface area contributed by atoms with E-state index in [0.717, 1.165) is 21.7 Å². The molecule has 25 heteroatoms. The van der Waals surface area contributed by atoms with Crippen molar-refractivity contribution in [2.24, 2.45) is 5.41 Å². The number of halogens is 3. The molecule has 2 saturated heterocycles. The third-order valence-electron chi connectivity index (χ3n) is 14.0. The first-order valence-electron chi connectivity index (χ1n) is 27.3. The van der Waals surface area contributed by atoms with Gasteiger partial charge in [0.05, 0.1) is 79.9 Å². The van der Waals surface area contributed by atoms with Crippen molar-refractivity contribution in [3.63, 3.8) is 0 Å². The number of likely N-dealkylation sites (tertiary alicyclic amines) is 1. The van der Waals surface area contributed by atoms with Crippen molar-refractivity contribution in [3.8, 4) is 16.2 Å². The first-order chi connectivity index (χ1) is 39.6. The molecule has 4 heterocycles. The average molecular weight is 1210 g/mol.